The van der Waals surface area contributed by atoms with Crippen LogP contribution in [0.25, 0.3) is 0 Å². The van der Waals surface area contributed by atoms with Gasteiger partial charge in [-0.25, -0.2) is 9.97 Å². The Bertz CT molecular complexity index is 389. The van der Waals surface area contributed by atoms with Gasteiger partial charge in [-0.15, -0.1) is 0 Å². The van der Waals surface area contributed by atoms with Crippen LogP contribution in [0.2, 0.25) is 10.4 Å². The lowest BCUT2D eigenvalue weighted by molar-refractivity contribution is 0.116. The highest BCUT2D eigenvalue weighted by Gasteiger charge is 2.20. The van der Waals surface area contributed by atoms with Crippen LogP contribution in [-0.4, -0.2) is 39.7 Å². The highest BCUT2D eigenvalue weighted by molar-refractivity contribution is 6.32. The molecule has 1 fully saturated rings. The van der Waals surface area contributed by atoms with E-state index in [-0.39, 0.29) is 11.9 Å². The predicted molar refractivity (Wildman–Crippen MR) is 67.1 cm³/mol. The van der Waals surface area contributed by atoms with Gasteiger partial charge in [0, 0.05) is 31.5 Å². The van der Waals surface area contributed by atoms with Gasteiger partial charge in [0.2, 0.25) is 5.28 Å². The number of likely N-dealkylation sites (tertiary alicyclic amines) is 1. The topological polar surface area (TPSA) is 49.2 Å². The van der Waals surface area contributed by atoms with E-state index < -0.39 is 0 Å². The molecule has 1 aliphatic rings. The van der Waals surface area contributed by atoms with Gasteiger partial charge in [-0.1, -0.05) is 11.6 Å². The first-order valence-corrected chi connectivity index (χ1v) is 6.44. The largest absolute Gasteiger partial charge is 0.396 e. The van der Waals surface area contributed by atoms with E-state index in [1.807, 2.05) is 0 Å². The molecule has 1 N–H and O–H groups in total. The molecule has 0 aromatic carbocycles. The molecule has 1 atom stereocenters. The van der Waals surface area contributed by atoms with Gasteiger partial charge in [-0.3, -0.25) is 4.90 Å². The highest BCUT2D eigenvalue weighted by atomic mass is 35.5. The van der Waals surface area contributed by atoms with Crippen molar-refractivity contribution in [3.8, 4) is 0 Å². The minimum Gasteiger partial charge on any atom is -0.396 e. The van der Waals surface area contributed by atoms with Gasteiger partial charge in [0.05, 0.1) is 0 Å². The molecule has 94 valence electrons. The van der Waals surface area contributed by atoms with Gasteiger partial charge in [0.1, 0.15) is 5.15 Å². The molecule has 4 nitrogen and oxygen atoms in total. The quantitative estimate of drug-likeness (QED) is 0.677. The molecule has 2 rings (SSSR count). The van der Waals surface area contributed by atoms with Crippen molar-refractivity contribution in [1.82, 2.24) is 14.9 Å². The molecule has 0 bridgehead atoms. The first-order valence-electron chi connectivity index (χ1n) is 5.69. The number of rotatable bonds is 3. The Morgan fingerprint density at radius 3 is 3.00 bits per heavy atom. The Labute approximate surface area is 111 Å². The molecular weight excluding hydrogens is 261 g/mol. The van der Waals surface area contributed by atoms with Crippen LogP contribution in [0.4, 0.5) is 0 Å². The average molecular weight is 276 g/mol. The van der Waals surface area contributed by atoms with Crippen molar-refractivity contribution < 1.29 is 5.11 Å². The second-order valence-electron chi connectivity index (χ2n) is 4.38. The van der Waals surface area contributed by atoms with E-state index in [1.54, 1.807) is 6.20 Å². The number of aliphatic hydroxyl groups excluding tert-OH is 1. The second kappa shape index (κ2) is 5.96. The summed E-state index contributed by atoms with van der Waals surface area (Å²) >= 11 is 11.7. The number of halogens is 2. The van der Waals surface area contributed by atoms with E-state index in [0.29, 0.717) is 17.6 Å². The van der Waals surface area contributed by atoms with Crippen molar-refractivity contribution in [1.29, 1.82) is 0 Å². The van der Waals surface area contributed by atoms with Crippen LogP contribution in [0.15, 0.2) is 6.20 Å². The molecule has 6 heteroatoms. The average Bonchev–Trinajstić information content (AvgIpc) is 2.33. The maximum absolute atomic E-state index is 9.17. The van der Waals surface area contributed by atoms with Gasteiger partial charge < -0.3 is 5.11 Å². The first kappa shape index (κ1) is 13.0. The Balaban J connectivity index is 2.00. The van der Waals surface area contributed by atoms with E-state index in [0.717, 1.165) is 31.5 Å². The van der Waals surface area contributed by atoms with Crippen LogP contribution in [0.3, 0.4) is 0 Å². The fourth-order valence-electron chi connectivity index (χ4n) is 2.16. The number of aromatic nitrogens is 2. The van der Waals surface area contributed by atoms with Crippen molar-refractivity contribution in [3.63, 3.8) is 0 Å². The van der Waals surface area contributed by atoms with E-state index in [2.05, 4.69) is 14.9 Å². The van der Waals surface area contributed by atoms with Gasteiger partial charge in [-0.2, -0.15) is 0 Å². The van der Waals surface area contributed by atoms with Gasteiger partial charge in [0.25, 0.3) is 0 Å². The van der Waals surface area contributed by atoms with Crippen LogP contribution in [-0.2, 0) is 6.54 Å². The van der Waals surface area contributed by atoms with Crippen molar-refractivity contribution in [2.24, 2.45) is 5.92 Å². The second-order valence-corrected chi connectivity index (χ2v) is 5.08. The van der Waals surface area contributed by atoms with E-state index in [1.165, 1.54) is 0 Å². The predicted octanol–water partition coefficient (Wildman–Crippen LogP) is 1.99. The maximum Gasteiger partial charge on any atom is 0.223 e. The van der Waals surface area contributed by atoms with Crippen LogP contribution in [0.5, 0.6) is 0 Å². The summed E-state index contributed by atoms with van der Waals surface area (Å²) in [6, 6.07) is 0. The minimum absolute atomic E-state index is 0.172. The minimum atomic E-state index is 0.172. The lowest BCUT2D eigenvalue weighted by atomic mass is 9.99. The summed E-state index contributed by atoms with van der Waals surface area (Å²) < 4.78 is 0. The summed E-state index contributed by atoms with van der Waals surface area (Å²) in [7, 11) is 0. The van der Waals surface area contributed by atoms with Gasteiger partial charge in [0.15, 0.2) is 0 Å². The van der Waals surface area contributed by atoms with Crippen LogP contribution >= 0.6 is 23.2 Å². The van der Waals surface area contributed by atoms with Gasteiger partial charge >= 0.3 is 0 Å². The summed E-state index contributed by atoms with van der Waals surface area (Å²) in [5.74, 6) is 0.371. The van der Waals surface area contributed by atoms with Crippen molar-refractivity contribution in [3.05, 3.63) is 22.2 Å². The first-order chi connectivity index (χ1) is 8.19. The molecule has 0 saturated carbocycles. The van der Waals surface area contributed by atoms with Gasteiger partial charge in [-0.05, 0) is 36.9 Å². The molecular formula is C11H15Cl2N3O. The Hall–Kier alpha value is -0.420. The molecule has 0 radical (unpaired) electrons. The zero-order valence-corrected chi connectivity index (χ0v) is 11.0. The number of hydrogen-bond acceptors (Lipinski definition) is 4. The number of aliphatic hydroxyl groups is 1. The molecule has 1 aliphatic heterocycles. The lowest BCUT2D eigenvalue weighted by Gasteiger charge is -2.31. The lowest BCUT2D eigenvalue weighted by Crippen LogP contribution is -2.36. The molecule has 0 amide bonds. The van der Waals surface area contributed by atoms with Crippen molar-refractivity contribution >= 4 is 23.2 Å². The zero-order valence-electron chi connectivity index (χ0n) is 9.44. The fourth-order valence-corrected chi connectivity index (χ4v) is 2.52. The summed E-state index contributed by atoms with van der Waals surface area (Å²) in [6.45, 7) is 2.89. The van der Waals surface area contributed by atoms with Crippen molar-refractivity contribution in [2.45, 2.75) is 19.4 Å². The number of hydrogen-bond donors (Lipinski definition) is 1. The Kier molecular flexibility index (Phi) is 4.56. The molecule has 1 aromatic heterocycles. The van der Waals surface area contributed by atoms with Crippen LogP contribution < -0.4 is 0 Å². The number of nitrogens with zero attached hydrogens (tertiary/aromatic N) is 3. The SMILES string of the molecule is OC[C@@H]1CCCN(Cc2cnc(Cl)nc2Cl)C1. The third kappa shape index (κ3) is 3.52. The summed E-state index contributed by atoms with van der Waals surface area (Å²) in [5, 5.41) is 9.76. The Morgan fingerprint density at radius 2 is 2.29 bits per heavy atom. The normalized spacial score (nSPS) is 21.7. The van der Waals surface area contributed by atoms with Crippen LogP contribution in [0.1, 0.15) is 18.4 Å². The smallest absolute Gasteiger partial charge is 0.223 e. The molecule has 1 aromatic rings. The monoisotopic (exact) mass is 275 g/mol. The molecule has 1 saturated heterocycles. The third-order valence-corrected chi connectivity index (χ3v) is 3.55. The molecule has 0 aliphatic carbocycles. The van der Waals surface area contributed by atoms with Crippen molar-refractivity contribution in [2.75, 3.05) is 19.7 Å². The van der Waals surface area contributed by atoms with Crippen LogP contribution in [0, 0.1) is 5.92 Å². The summed E-state index contributed by atoms with van der Waals surface area (Å²) in [6.07, 6.45) is 3.87. The summed E-state index contributed by atoms with van der Waals surface area (Å²) in [4.78, 5) is 10.1. The van der Waals surface area contributed by atoms with E-state index in [4.69, 9.17) is 23.2 Å². The van der Waals surface area contributed by atoms with E-state index in [9.17, 15) is 5.11 Å². The molecule has 0 spiro atoms. The summed E-state index contributed by atoms with van der Waals surface area (Å²) in [5.41, 5.74) is 0.884. The number of piperidine rings is 1. The third-order valence-electron chi connectivity index (χ3n) is 3.04. The molecule has 2 heterocycles. The standard InChI is InChI=1S/C11H15Cl2N3O/c12-10-9(4-14-11(13)15-10)6-16-3-1-2-8(5-16)7-17/h4,8,17H,1-3,5-7H2/t8-/m1/s1. The molecule has 17 heavy (non-hydrogen) atoms. The zero-order chi connectivity index (χ0) is 12.3. The van der Waals surface area contributed by atoms with E-state index >= 15 is 0 Å². The Morgan fingerprint density at radius 1 is 1.47 bits per heavy atom. The fraction of sp³-hybridized carbons (Fsp3) is 0.636. The maximum atomic E-state index is 9.17. The highest BCUT2D eigenvalue weighted by Crippen LogP contribution is 2.21. The molecule has 0 unspecified atom stereocenters.